The highest BCUT2D eigenvalue weighted by molar-refractivity contribution is 4.96. The van der Waals surface area contributed by atoms with Crippen LogP contribution in [0.2, 0.25) is 0 Å². The minimum atomic E-state index is 0.850. The molecular formula is C9H14O2. The molecular weight excluding hydrogens is 140 g/mol. The first kappa shape index (κ1) is 6.44. The predicted octanol–water partition coefficient (Wildman–Crippen LogP) is 1.61. The van der Waals surface area contributed by atoms with Gasteiger partial charge in [-0.15, -0.1) is 0 Å². The number of fused-ring (bicyclic) bond motifs is 5. The monoisotopic (exact) mass is 154 g/mol. The van der Waals surface area contributed by atoms with Gasteiger partial charge in [0.15, 0.2) is 0 Å². The van der Waals surface area contributed by atoms with Crippen molar-refractivity contribution in [3.8, 4) is 0 Å². The third-order valence-corrected chi connectivity index (χ3v) is 3.88. The molecule has 11 heavy (non-hydrogen) atoms. The van der Waals surface area contributed by atoms with E-state index in [4.69, 9.17) is 9.78 Å². The maximum absolute atomic E-state index is 5.04. The van der Waals surface area contributed by atoms with Gasteiger partial charge in [0.1, 0.15) is 0 Å². The highest BCUT2D eigenvalue weighted by Crippen LogP contribution is 2.53. The van der Waals surface area contributed by atoms with Crippen LogP contribution in [0.15, 0.2) is 0 Å². The van der Waals surface area contributed by atoms with Crippen molar-refractivity contribution in [1.29, 1.82) is 0 Å². The molecule has 0 aromatic heterocycles. The van der Waals surface area contributed by atoms with Crippen molar-refractivity contribution < 1.29 is 9.78 Å². The average molecular weight is 154 g/mol. The molecule has 4 unspecified atom stereocenters. The second kappa shape index (κ2) is 2.20. The van der Waals surface area contributed by atoms with E-state index in [2.05, 4.69) is 0 Å². The van der Waals surface area contributed by atoms with Gasteiger partial charge < -0.3 is 0 Å². The van der Waals surface area contributed by atoms with Gasteiger partial charge in [-0.3, -0.25) is 0 Å². The lowest BCUT2D eigenvalue weighted by Crippen LogP contribution is -2.34. The summed E-state index contributed by atoms with van der Waals surface area (Å²) in [5.74, 6) is 3.66. The second-order valence-electron chi connectivity index (χ2n) is 4.23. The standard InChI is InChI=1S/C9H14O2/c1-2-7-3-6(1)8-4-10-11-5-9(7)8/h6-9H,1-5H2. The Morgan fingerprint density at radius 2 is 1.36 bits per heavy atom. The second-order valence-corrected chi connectivity index (χ2v) is 4.23. The Hall–Kier alpha value is -0.0800. The van der Waals surface area contributed by atoms with Crippen LogP contribution in [0.4, 0.5) is 0 Å². The van der Waals surface area contributed by atoms with Gasteiger partial charge in [0, 0.05) is 0 Å². The summed E-state index contributed by atoms with van der Waals surface area (Å²) in [6.45, 7) is 1.73. The SMILES string of the molecule is C1CC2CC1C1COOCC21. The van der Waals surface area contributed by atoms with E-state index in [0.717, 1.165) is 36.9 Å². The molecule has 3 rings (SSSR count). The third kappa shape index (κ3) is 0.798. The van der Waals surface area contributed by atoms with Crippen LogP contribution in [-0.4, -0.2) is 13.2 Å². The fourth-order valence-corrected chi connectivity index (χ4v) is 3.30. The molecule has 0 aromatic rings. The highest BCUT2D eigenvalue weighted by Gasteiger charge is 2.49. The topological polar surface area (TPSA) is 18.5 Å². The van der Waals surface area contributed by atoms with Crippen LogP contribution in [0.1, 0.15) is 19.3 Å². The van der Waals surface area contributed by atoms with Gasteiger partial charge in [0.2, 0.25) is 0 Å². The quantitative estimate of drug-likeness (QED) is 0.493. The molecule has 0 N–H and O–H groups in total. The van der Waals surface area contributed by atoms with Crippen LogP contribution in [0.3, 0.4) is 0 Å². The van der Waals surface area contributed by atoms with Gasteiger partial charge in [-0.1, -0.05) is 0 Å². The lowest BCUT2D eigenvalue weighted by molar-refractivity contribution is -0.341. The summed E-state index contributed by atoms with van der Waals surface area (Å²) in [4.78, 5) is 10.1. The zero-order valence-corrected chi connectivity index (χ0v) is 6.66. The molecule has 0 spiro atoms. The third-order valence-electron chi connectivity index (χ3n) is 3.88. The van der Waals surface area contributed by atoms with Crippen molar-refractivity contribution in [2.45, 2.75) is 19.3 Å². The Balaban J connectivity index is 1.84. The largest absolute Gasteiger partial charge is 0.236 e. The minimum Gasteiger partial charge on any atom is -0.236 e. The predicted molar refractivity (Wildman–Crippen MR) is 39.7 cm³/mol. The highest BCUT2D eigenvalue weighted by atomic mass is 17.2. The number of rotatable bonds is 0. The van der Waals surface area contributed by atoms with E-state index in [1.807, 2.05) is 0 Å². The van der Waals surface area contributed by atoms with Crippen molar-refractivity contribution >= 4 is 0 Å². The first-order chi connectivity index (χ1) is 5.45. The molecule has 3 fully saturated rings. The molecule has 2 bridgehead atoms. The van der Waals surface area contributed by atoms with Gasteiger partial charge >= 0.3 is 0 Å². The van der Waals surface area contributed by atoms with Gasteiger partial charge in [-0.05, 0) is 42.9 Å². The van der Waals surface area contributed by atoms with Gasteiger partial charge in [-0.2, -0.15) is 0 Å². The zero-order valence-electron chi connectivity index (χ0n) is 6.66. The summed E-state index contributed by atoms with van der Waals surface area (Å²) >= 11 is 0. The summed E-state index contributed by atoms with van der Waals surface area (Å²) in [6, 6.07) is 0. The summed E-state index contributed by atoms with van der Waals surface area (Å²) in [7, 11) is 0. The van der Waals surface area contributed by atoms with Gasteiger partial charge in [0.25, 0.3) is 0 Å². The molecule has 62 valence electrons. The summed E-state index contributed by atoms with van der Waals surface area (Å²) in [5, 5.41) is 0. The lowest BCUT2D eigenvalue weighted by Gasteiger charge is -2.33. The van der Waals surface area contributed by atoms with Crippen LogP contribution in [0.5, 0.6) is 0 Å². The van der Waals surface area contributed by atoms with Crippen LogP contribution in [0, 0.1) is 23.7 Å². The van der Waals surface area contributed by atoms with E-state index in [9.17, 15) is 0 Å². The maximum atomic E-state index is 5.04. The molecule has 3 aliphatic rings. The molecule has 0 aromatic carbocycles. The zero-order chi connectivity index (χ0) is 7.26. The Bertz CT molecular complexity index is 151. The lowest BCUT2D eigenvalue weighted by atomic mass is 9.80. The van der Waals surface area contributed by atoms with E-state index >= 15 is 0 Å². The summed E-state index contributed by atoms with van der Waals surface area (Å²) in [5.41, 5.74) is 0. The molecule has 2 nitrogen and oxygen atoms in total. The van der Waals surface area contributed by atoms with Crippen LogP contribution in [0.25, 0.3) is 0 Å². The molecule has 4 atom stereocenters. The Labute approximate surface area is 66.8 Å². The van der Waals surface area contributed by atoms with Gasteiger partial charge in [-0.25, -0.2) is 9.78 Å². The van der Waals surface area contributed by atoms with Gasteiger partial charge in [0.05, 0.1) is 13.2 Å². The summed E-state index contributed by atoms with van der Waals surface area (Å²) < 4.78 is 0. The van der Waals surface area contributed by atoms with Crippen molar-refractivity contribution in [2.75, 3.05) is 13.2 Å². The maximum Gasteiger partial charge on any atom is 0.0856 e. The first-order valence-corrected chi connectivity index (χ1v) is 4.69. The average Bonchev–Trinajstić information content (AvgIpc) is 2.64. The Kier molecular flexibility index (Phi) is 1.29. The van der Waals surface area contributed by atoms with E-state index in [1.54, 1.807) is 0 Å². The number of hydrogen-bond donors (Lipinski definition) is 0. The van der Waals surface area contributed by atoms with Crippen LogP contribution >= 0.6 is 0 Å². The van der Waals surface area contributed by atoms with Crippen molar-refractivity contribution in [1.82, 2.24) is 0 Å². The molecule has 2 aliphatic carbocycles. The van der Waals surface area contributed by atoms with Crippen LogP contribution < -0.4 is 0 Å². The van der Waals surface area contributed by atoms with E-state index in [-0.39, 0.29) is 0 Å². The van der Waals surface area contributed by atoms with Crippen LogP contribution in [-0.2, 0) is 9.78 Å². The fraction of sp³-hybridized carbons (Fsp3) is 1.00. The molecule has 0 amide bonds. The van der Waals surface area contributed by atoms with E-state index in [1.165, 1.54) is 19.3 Å². The molecule has 0 radical (unpaired) electrons. The fourth-order valence-electron chi connectivity index (χ4n) is 3.30. The molecule has 1 heterocycles. The minimum absolute atomic E-state index is 0.850. The molecule has 1 saturated heterocycles. The molecule has 1 aliphatic heterocycles. The normalized spacial score (nSPS) is 54.5. The van der Waals surface area contributed by atoms with Crippen molar-refractivity contribution in [2.24, 2.45) is 23.7 Å². The molecule has 2 saturated carbocycles. The van der Waals surface area contributed by atoms with E-state index in [0.29, 0.717) is 0 Å². The summed E-state index contributed by atoms with van der Waals surface area (Å²) in [6.07, 6.45) is 4.37. The Morgan fingerprint density at radius 3 is 1.91 bits per heavy atom. The molecule has 2 heteroatoms. The Morgan fingerprint density at radius 1 is 0.818 bits per heavy atom. The smallest absolute Gasteiger partial charge is 0.0856 e. The van der Waals surface area contributed by atoms with Crippen molar-refractivity contribution in [3.63, 3.8) is 0 Å². The van der Waals surface area contributed by atoms with Crippen molar-refractivity contribution in [3.05, 3.63) is 0 Å². The number of hydrogen-bond acceptors (Lipinski definition) is 2. The van der Waals surface area contributed by atoms with E-state index < -0.39 is 0 Å². The first-order valence-electron chi connectivity index (χ1n) is 4.69.